The monoisotopic (exact) mass is 405 g/mol. The van der Waals surface area contributed by atoms with Crippen LogP contribution in [0, 0.1) is 0 Å². The van der Waals surface area contributed by atoms with Crippen molar-refractivity contribution in [1.82, 2.24) is 15.1 Å². The average Bonchev–Trinajstić information content (AvgIpc) is 2.91. The molecule has 8 nitrogen and oxygen atoms in total. The lowest BCUT2D eigenvalue weighted by Crippen LogP contribution is -2.43. The van der Waals surface area contributed by atoms with E-state index in [4.69, 9.17) is 0 Å². The molecule has 28 heavy (non-hydrogen) atoms. The fourth-order valence-electron chi connectivity index (χ4n) is 3.55. The molecule has 2 N–H and O–H groups in total. The van der Waals surface area contributed by atoms with Gasteiger partial charge in [-0.05, 0) is 29.6 Å². The first kappa shape index (κ1) is 20.2. The zero-order valence-corrected chi connectivity index (χ0v) is 16.4. The SMILES string of the molecule is CSCC[C@@H](NC(=O)CCN1C(=O)[C@H]2Cc3ccccc3CN2C1=O)C(=O)O. The quantitative estimate of drug-likeness (QED) is 0.627. The number of amides is 4. The van der Waals surface area contributed by atoms with Crippen molar-refractivity contribution in [3.63, 3.8) is 0 Å². The van der Waals surface area contributed by atoms with Gasteiger partial charge >= 0.3 is 12.0 Å². The number of urea groups is 1. The molecule has 0 spiro atoms. The standard InChI is InChI=1S/C19H23N3O5S/c1-28-9-7-14(18(25)26)20-16(23)6-8-21-17(24)15-10-12-4-2-3-5-13(12)11-22(15)19(21)27/h2-5,14-15H,6-11H2,1H3,(H,20,23)(H,25,26)/t14-,15-/m1/s1. The molecule has 0 aliphatic carbocycles. The van der Waals surface area contributed by atoms with Gasteiger partial charge in [-0.3, -0.25) is 14.5 Å². The van der Waals surface area contributed by atoms with Crippen LogP contribution in [0.5, 0.6) is 0 Å². The van der Waals surface area contributed by atoms with Gasteiger partial charge in [0.05, 0.1) is 0 Å². The van der Waals surface area contributed by atoms with Crippen LogP contribution in [0.3, 0.4) is 0 Å². The Labute approximate surface area is 167 Å². The Morgan fingerprint density at radius 2 is 2.00 bits per heavy atom. The minimum absolute atomic E-state index is 0.0539. The second-order valence-corrected chi connectivity index (χ2v) is 7.86. The Morgan fingerprint density at radius 1 is 1.29 bits per heavy atom. The van der Waals surface area contributed by atoms with Gasteiger partial charge in [0.1, 0.15) is 12.1 Å². The number of hydrogen-bond acceptors (Lipinski definition) is 5. The lowest BCUT2D eigenvalue weighted by molar-refractivity contribution is -0.142. The van der Waals surface area contributed by atoms with Crippen molar-refractivity contribution in [3.05, 3.63) is 35.4 Å². The highest BCUT2D eigenvalue weighted by atomic mass is 32.2. The van der Waals surface area contributed by atoms with Gasteiger partial charge in [-0.25, -0.2) is 9.59 Å². The number of fused-ring (bicyclic) bond motifs is 2. The maximum absolute atomic E-state index is 12.7. The van der Waals surface area contributed by atoms with E-state index in [0.717, 1.165) is 16.0 Å². The van der Waals surface area contributed by atoms with Crippen LogP contribution >= 0.6 is 11.8 Å². The van der Waals surface area contributed by atoms with E-state index in [0.29, 0.717) is 25.1 Å². The van der Waals surface area contributed by atoms with Crippen LogP contribution in [-0.4, -0.2) is 69.4 Å². The molecule has 0 aromatic heterocycles. The normalized spacial score (nSPS) is 19.2. The molecule has 4 amide bonds. The first-order valence-electron chi connectivity index (χ1n) is 9.12. The summed E-state index contributed by atoms with van der Waals surface area (Å²) < 4.78 is 0. The van der Waals surface area contributed by atoms with Gasteiger partial charge in [-0.2, -0.15) is 11.8 Å². The summed E-state index contributed by atoms with van der Waals surface area (Å²) in [6.45, 7) is 0.325. The number of imide groups is 1. The number of nitrogens with one attached hydrogen (secondary N) is 1. The number of thioether (sulfide) groups is 1. The summed E-state index contributed by atoms with van der Waals surface area (Å²) in [5, 5.41) is 11.7. The molecule has 0 unspecified atom stereocenters. The largest absolute Gasteiger partial charge is 0.480 e. The van der Waals surface area contributed by atoms with Gasteiger partial charge in [0.2, 0.25) is 5.91 Å². The minimum atomic E-state index is -1.09. The van der Waals surface area contributed by atoms with Crippen molar-refractivity contribution < 1.29 is 24.3 Å². The molecule has 0 radical (unpaired) electrons. The molecule has 2 atom stereocenters. The zero-order valence-electron chi connectivity index (χ0n) is 15.6. The fourth-order valence-corrected chi connectivity index (χ4v) is 4.02. The molecule has 0 bridgehead atoms. The van der Waals surface area contributed by atoms with Gasteiger partial charge in [0.25, 0.3) is 5.91 Å². The highest BCUT2D eigenvalue weighted by Gasteiger charge is 2.46. The van der Waals surface area contributed by atoms with Crippen LogP contribution in [0.4, 0.5) is 4.79 Å². The van der Waals surface area contributed by atoms with Crippen molar-refractivity contribution in [3.8, 4) is 0 Å². The summed E-state index contributed by atoms with van der Waals surface area (Å²) in [5.41, 5.74) is 2.08. The van der Waals surface area contributed by atoms with Crippen LogP contribution in [-0.2, 0) is 27.3 Å². The van der Waals surface area contributed by atoms with E-state index in [1.165, 1.54) is 11.8 Å². The van der Waals surface area contributed by atoms with Crippen LogP contribution in [0.15, 0.2) is 24.3 Å². The van der Waals surface area contributed by atoms with Gasteiger partial charge in [0.15, 0.2) is 0 Å². The smallest absolute Gasteiger partial charge is 0.327 e. The summed E-state index contributed by atoms with van der Waals surface area (Å²) in [4.78, 5) is 51.3. The highest BCUT2D eigenvalue weighted by Crippen LogP contribution is 2.29. The number of rotatable bonds is 8. The predicted octanol–water partition coefficient (Wildman–Crippen LogP) is 1.09. The molecule has 9 heteroatoms. The van der Waals surface area contributed by atoms with E-state index in [1.54, 1.807) is 4.90 Å². The molecule has 3 rings (SSSR count). The first-order valence-corrected chi connectivity index (χ1v) is 10.5. The van der Waals surface area contributed by atoms with E-state index < -0.39 is 30.0 Å². The number of aliphatic carboxylic acids is 1. The predicted molar refractivity (Wildman–Crippen MR) is 104 cm³/mol. The molecular formula is C19H23N3O5S. The van der Waals surface area contributed by atoms with E-state index in [2.05, 4.69) is 5.32 Å². The molecule has 1 aromatic carbocycles. The van der Waals surface area contributed by atoms with Gasteiger partial charge < -0.3 is 15.3 Å². The Morgan fingerprint density at radius 3 is 2.68 bits per heavy atom. The Balaban J connectivity index is 1.58. The number of benzene rings is 1. The minimum Gasteiger partial charge on any atom is -0.480 e. The molecule has 150 valence electrons. The second-order valence-electron chi connectivity index (χ2n) is 6.88. The van der Waals surface area contributed by atoms with Crippen molar-refractivity contribution in [2.75, 3.05) is 18.6 Å². The molecule has 2 aliphatic heterocycles. The van der Waals surface area contributed by atoms with E-state index >= 15 is 0 Å². The molecule has 1 saturated heterocycles. The Hall–Kier alpha value is -2.55. The number of hydrogen-bond donors (Lipinski definition) is 2. The number of nitrogens with zero attached hydrogens (tertiary/aromatic N) is 2. The van der Waals surface area contributed by atoms with Crippen molar-refractivity contribution >= 4 is 35.6 Å². The fraction of sp³-hybridized carbons (Fsp3) is 0.474. The van der Waals surface area contributed by atoms with E-state index in [1.807, 2.05) is 30.5 Å². The van der Waals surface area contributed by atoms with E-state index in [-0.39, 0.29) is 18.9 Å². The molecular weight excluding hydrogens is 382 g/mol. The second kappa shape index (κ2) is 8.64. The number of carbonyl (C=O) groups is 4. The first-order chi connectivity index (χ1) is 13.4. The third-order valence-electron chi connectivity index (χ3n) is 5.08. The van der Waals surface area contributed by atoms with Crippen molar-refractivity contribution in [2.24, 2.45) is 0 Å². The third-order valence-corrected chi connectivity index (χ3v) is 5.73. The highest BCUT2D eigenvalue weighted by molar-refractivity contribution is 7.98. The summed E-state index contributed by atoms with van der Waals surface area (Å²) >= 11 is 1.50. The third kappa shape index (κ3) is 4.14. The van der Waals surface area contributed by atoms with Crippen molar-refractivity contribution in [2.45, 2.75) is 37.9 Å². The molecule has 1 fully saturated rings. The van der Waals surface area contributed by atoms with Gasteiger partial charge in [-0.1, -0.05) is 24.3 Å². The van der Waals surface area contributed by atoms with Crippen LogP contribution in [0.25, 0.3) is 0 Å². The Kier molecular flexibility index (Phi) is 6.23. The lowest BCUT2D eigenvalue weighted by atomic mass is 9.95. The lowest BCUT2D eigenvalue weighted by Gasteiger charge is -2.28. The maximum Gasteiger partial charge on any atom is 0.327 e. The topological polar surface area (TPSA) is 107 Å². The number of carbonyl (C=O) groups excluding carboxylic acids is 3. The summed E-state index contributed by atoms with van der Waals surface area (Å²) in [7, 11) is 0. The van der Waals surface area contributed by atoms with Gasteiger partial charge in [-0.15, -0.1) is 0 Å². The van der Waals surface area contributed by atoms with Gasteiger partial charge in [0, 0.05) is 25.9 Å². The zero-order chi connectivity index (χ0) is 20.3. The maximum atomic E-state index is 12.7. The number of carboxylic acids is 1. The summed E-state index contributed by atoms with van der Waals surface area (Å²) in [6.07, 6.45) is 2.53. The Bertz CT molecular complexity index is 757. The van der Waals surface area contributed by atoms with Crippen LogP contribution in [0.1, 0.15) is 24.0 Å². The van der Waals surface area contributed by atoms with E-state index in [9.17, 15) is 24.3 Å². The molecule has 2 aliphatic rings. The van der Waals surface area contributed by atoms with Crippen LogP contribution < -0.4 is 5.32 Å². The summed E-state index contributed by atoms with van der Waals surface area (Å²) in [5.74, 6) is -1.27. The van der Waals surface area contributed by atoms with Crippen LogP contribution in [0.2, 0.25) is 0 Å². The average molecular weight is 405 g/mol. The van der Waals surface area contributed by atoms with Crippen molar-refractivity contribution in [1.29, 1.82) is 0 Å². The molecule has 0 saturated carbocycles. The number of carboxylic acid groups (broad SMARTS) is 1. The summed E-state index contributed by atoms with van der Waals surface area (Å²) in [6, 6.07) is 5.83. The molecule has 2 heterocycles. The molecule has 1 aromatic rings.